The number of carbonyl (C=O) groups is 2. The maximum atomic E-state index is 11.9. The van der Waals surface area contributed by atoms with Gasteiger partial charge < -0.3 is 15.4 Å². The number of nitrogens with one attached hydrogen (secondary N) is 2. The van der Waals surface area contributed by atoms with Crippen LogP contribution in [-0.4, -0.2) is 24.5 Å². The van der Waals surface area contributed by atoms with Crippen LogP contribution in [0.2, 0.25) is 0 Å². The monoisotopic (exact) mass is 344 g/mol. The van der Waals surface area contributed by atoms with E-state index in [2.05, 4.69) is 17.6 Å². The minimum absolute atomic E-state index is 0.0498. The van der Waals surface area contributed by atoms with Crippen molar-refractivity contribution in [1.82, 2.24) is 10.6 Å². The third-order valence-corrected chi connectivity index (χ3v) is 5.09. The predicted octanol–water partition coefficient (Wildman–Crippen LogP) is 2.79. The maximum Gasteiger partial charge on any atom is 0.223 e. The van der Waals surface area contributed by atoms with Gasteiger partial charge in [0.1, 0.15) is 5.75 Å². The summed E-state index contributed by atoms with van der Waals surface area (Å²) in [6.07, 6.45) is 6.37. The predicted molar refractivity (Wildman–Crippen MR) is 96.1 cm³/mol. The summed E-state index contributed by atoms with van der Waals surface area (Å²) in [6, 6.07) is 7.91. The number of carbonyl (C=O) groups excluding carboxylic acids is 2. The minimum atomic E-state index is -0.0498. The summed E-state index contributed by atoms with van der Waals surface area (Å²) in [5, 5.41) is 5.74. The molecule has 0 saturated heterocycles. The Balaban J connectivity index is 1.35. The standard InChI is InChI=1S/C20H28N2O3/c1-14-11-18(14)20(24)21-10-9-19(23)22-13-15-5-4-8-17(12-15)25-16-6-2-3-7-16/h4-5,8,12,14,16,18H,2-3,6-7,9-11,13H2,1H3,(H,21,24)(H,22,23)/t14-,18+/m0/s1. The molecule has 1 aromatic carbocycles. The lowest BCUT2D eigenvalue weighted by Gasteiger charge is -2.14. The van der Waals surface area contributed by atoms with Crippen molar-refractivity contribution < 1.29 is 14.3 Å². The van der Waals surface area contributed by atoms with Gasteiger partial charge in [-0.2, -0.15) is 0 Å². The quantitative estimate of drug-likeness (QED) is 0.762. The van der Waals surface area contributed by atoms with Gasteiger partial charge in [-0.15, -0.1) is 0 Å². The van der Waals surface area contributed by atoms with Gasteiger partial charge in [0.2, 0.25) is 11.8 Å². The van der Waals surface area contributed by atoms with Gasteiger partial charge >= 0.3 is 0 Å². The van der Waals surface area contributed by atoms with Gasteiger partial charge in [0.15, 0.2) is 0 Å². The van der Waals surface area contributed by atoms with E-state index in [9.17, 15) is 9.59 Å². The highest BCUT2D eigenvalue weighted by molar-refractivity contribution is 5.82. The van der Waals surface area contributed by atoms with Gasteiger partial charge in [-0.1, -0.05) is 19.1 Å². The zero-order valence-corrected chi connectivity index (χ0v) is 14.9. The highest BCUT2D eigenvalue weighted by Gasteiger charge is 2.38. The summed E-state index contributed by atoms with van der Waals surface area (Å²) in [7, 11) is 0. The molecule has 3 rings (SSSR count). The Bertz CT molecular complexity index is 611. The molecule has 2 amide bonds. The van der Waals surface area contributed by atoms with Crippen LogP contribution in [0.4, 0.5) is 0 Å². The molecule has 2 saturated carbocycles. The van der Waals surface area contributed by atoms with Crippen LogP contribution in [0.1, 0.15) is 51.0 Å². The van der Waals surface area contributed by atoms with Crippen molar-refractivity contribution in [3.05, 3.63) is 29.8 Å². The van der Waals surface area contributed by atoms with Crippen LogP contribution in [-0.2, 0) is 16.1 Å². The molecule has 0 unspecified atom stereocenters. The van der Waals surface area contributed by atoms with Crippen molar-refractivity contribution in [3.8, 4) is 5.75 Å². The van der Waals surface area contributed by atoms with Crippen LogP contribution in [0, 0.1) is 11.8 Å². The van der Waals surface area contributed by atoms with Crippen molar-refractivity contribution in [1.29, 1.82) is 0 Å². The summed E-state index contributed by atoms with van der Waals surface area (Å²) in [4.78, 5) is 23.6. The van der Waals surface area contributed by atoms with E-state index < -0.39 is 0 Å². The van der Waals surface area contributed by atoms with E-state index in [-0.39, 0.29) is 17.7 Å². The van der Waals surface area contributed by atoms with Crippen molar-refractivity contribution in [3.63, 3.8) is 0 Å². The summed E-state index contributed by atoms with van der Waals surface area (Å²) in [6.45, 7) is 2.95. The molecule has 2 aliphatic rings. The molecule has 0 aromatic heterocycles. The van der Waals surface area contributed by atoms with E-state index in [0.29, 0.717) is 31.5 Å². The fourth-order valence-corrected chi connectivity index (χ4v) is 3.33. The maximum absolute atomic E-state index is 11.9. The van der Waals surface area contributed by atoms with Gasteiger partial charge in [0.05, 0.1) is 6.10 Å². The Hall–Kier alpha value is -2.04. The average Bonchev–Trinajstić information content (AvgIpc) is 3.11. The van der Waals surface area contributed by atoms with E-state index in [1.807, 2.05) is 24.3 Å². The molecule has 2 aliphatic carbocycles. The third kappa shape index (κ3) is 5.48. The second kappa shape index (κ2) is 8.37. The Labute approximate surface area is 149 Å². The summed E-state index contributed by atoms with van der Waals surface area (Å²) >= 11 is 0. The first-order valence-corrected chi connectivity index (χ1v) is 9.42. The van der Waals surface area contributed by atoms with Crippen molar-refractivity contribution in [2.45, 2.75) is 58.1 Å². The SMILES string of the molecule is C[C@H]1C[C@H]1C(=O)NCCC(=O)NCc1cccc(OC2CCCC2)c1. The van der Waals surface area contributed by atoms with Crippen molar-refractivity contribution >= 4 is 11.8 Å². The summed E-state index contributed by atoms with van der Waals surface area (Å²) < 4.78 is 5.99. The molecule has 0 aliphatic heterocycles. The zero-order chi connectivity index (χ0) is 17.6. The first kappa shape index (κ1) is 17.8. The van der Waals surface area contributed by atoms with Crippen LogP contribution in [0.5, 0.6) is 5.75 Å². The third-order valence-electron chi connectivity index (χ3n) is 5.09. The molecule has 0 bridgehead atoms. The number of benzene rings is 1. The Morgan fingerprint density at radius 3 is 2.68 bits per heavy atom. The molecule has 136 valence electrons. The van der Waals surface area contributed by atoms with Gasteiger partial charge in [-0.3, -0.25) is 9.59 Å². The van der Waals surface area contributed by atoms with Crippen LogP contribution in [0.25, 0.3) is 0 Å². The molecule has 1 aromatic rings. The largest absolute Gasteiger partial charge is 0.490 e. The summed E-state index contributed by atoms with van der Waals surface area (Å²) in [5.41, 5.74) is 1.03. The zero-order valence-electron chi connectivity index (χ0n) is 14.9. The molecule has 0 radical (unpaired) electrons. The topological polar surface area (TPSA) is 67.4 Å². The lowest BCUT2D eigenvalue weighted by molar-refractivity contribution is -0.123. The van der Waals surface area contributed by atoms with E-state index in [4.69, 9.17) is 4.74 Å². The molecule has 2 N–H and O–H groups in total. The molecule has 5 heteroatoms. The molecule has 0 spiro atoms. The number of rotatable bonds is 8. The van der Waals surface area contributed by atoms with Gasteiger partial charge in [-0.25, -0.2) is 0 Å². The molecule has 0 heterocycles. The Morgan fingerprint density at radius 1 is 1.20 bits per heavy atom. The number of ether oxygens (including phenoxy) is 1. The Morgan fingerprint density at radius 2 is 1.96 bits per heavy atom. The lowest BCUT2D eigenvalue weighted by atomic mass is 10.2. The molecular weight excluding hydrogens is 316 g/mol. The normalized spacial score (nSPS) is 22.4. The van der Waals surface area contributed by atoms with Crippen molar-refractivity contribution in [2.75, 3.05) is 6.54 Å². The highest BCUT2D eigenvalue weighted by Crippen LogP contribution is 2.37. The average molecular weight is 344 g/mol. The first-order valence-electron chi connectivity index (χ1n) is 9.42. The highest BCUT2D eigenvalue weighted by atomic mass is 16.5. The van der Waals surface area contributed by atoms with Crippen LogP contribution >= 0.6 is 0 Å². The second-order valence-electron chi connectivity index (χ2n) is 7.31. The molecule has 2 atom stereocenters. The molecule has 25 heavy (non-hydrogen) atoms. The number of hydrogen-bond donors (Lipinski definition) is 2. The smallest absolute Gasteiger partial charge is 0.223 e. The van der Waals surface area contributed by atoms with Gasteiger partial charge in [0.25, 0.3) is 0 Å². The van der Waals surface area contributed by atoms with Crippen LogP contribution in [0.3, 0.4) is 0 Å². The number of hydrogen-bond acceptors (Lipinski definition) is 3. The summed E-state index contributed by atoms with van der Waals surface area (Å²) in [5.74, 6) is 1.56. The lowest BCUT2D eigenvalue weighted by Crippen LogP contribution is -2.31. The minimum Gasteiger partial charge on any atom is -0.490 e. The van der Waals surface area contributed by atoms with Crippen molar-refractivity contribution in [2.24, 2.45) is 11.8 Å². The van der Waals surface area contributed by atoms with Crippen LogP contribution in [0.15, 0.2) is 24.3 Å². The Kier molecular flexibility index (Phi) is 5.95. The first-order chi connectivity index (χ1) is 12.1. The van der Waals surface area contributed by atoms with E-state index >= 15 is 0 Å². The van der Waals surface area contributed by atoms with E-state index in [1.165, 1.54) is 12.8 Å². The fourth-order valence-electron chi connectivity index (χ4n) is 3.33. The van der Waals surface area contributed by atoms with Gasteiger partial charge in [-0.05, 0) is 55.7 Å². The molecular formula is C20H28N2O3. The molecule has 5 nitrogen and oxygen atoms in total. The fraction of sp³-hybridized carbons (Fsp3) is 0.600. The van der Waals surface area contributed by atoms with Gasteiger partial charge in [0, 0.05) is 25.4 Å². The van der Waals surface area contributed by atoms with E-state index in [1.54, 1.807) is 0 Å². The van der Waals surface area contributed by atoms with Crippen LogP contribution < -0.4 is 15.4 Å². The van der Waals surface area contributed by atoms with E-state index in [0.717, 1.165) is 30.6 Å². The second-order valence-corrected chi connectivity index (χ2v) is 7.31. The number of amides is 2. The molecule has 2 fully saturated rings.